The van der Waals surface area contributed by atoms with Crippen molar-refractivity contribution in [3.8, 4) is 11.1 Å². The van der Waals surface area contributed by atoms with Crippen LogP contribution in [0.1, 0.15) is 0 Å². The third kappa shape index (κ3) is 3.93. The topological polar surface area (TPSA) is 16.4 Å². The molecule has 0 aliphatic heterocycles. The zero-order valence-corrected chi connectivity index (χ0v) is 24.0. The van der Waals surface area contributed by atoms with Crippen LogP contribution in [0, 0.1) is 0 Å². The summed E-state index contributed by atoms with van der Waals surface area (Å²) < 4.78 is 8.83. The summed E-state index contributed by atoms with van der Waals surface area (Å²) in [6.45, 7) is 0. The average molecular weight is 568 g/mol. The Bertz CT molecular complexity index is 2450. The van der Waals surface area contributed by atoms with E-state index in [0.29, 0.717) is 0 Å². The standard InChI is InChI=1S/C40H25NOS/c1-2-8-26(9-3-1)27-14-17-29(18-15-27)41(31-20-22-37-35(25-31)33-10-4-6-12-36(33)42-37)30-19-21-32-28(24-30)16-23-39-40(32)34-11-5-7-13-38(34)43-39/h1-25H. The van der Waals surface area contributed by atoms with E-state index in [1.54, 1.807) is 0 Å². The first-order valence-corrected chi connectivity index (χ1v) is 15.3. The van der Waals surface area contributed by atoms with Gasteiger partial charge in [-0.15, -0.1) is 11.3 Å². The van der Waals surface area contributed by atoms with E-state index in [1.165, 1.54) is 42.1 Å². The van der Waals surface area contributed by atoms with E-state index >= 15 is 0 Å². The minimum Gasteiger partial charge on any atom is -0.456 e. The maximum absolute atomic E-state index is 6.17. The Hall–Kier alpha value is -5.38. The molecule has 202 valence electrons. The summed E-state index contributed by atoms with van der Waals surface area (Å²) in [5.41, 5.74) is 7.53. The van der Waals surface area contributed by atoms with Gasteiger partial charge in [-0.2, -0.15) is 0 Å². The quantitative estimate of drug-likeness (QED) is 0.210. The number of thiophene rings is 1. The van der Waals surface area contributed by atoms with Crippen molar-refractivity contribution in [1.29, 1.82) is 0 Å². The third-order valence-corrected chi connectivity index (χ3v) is 9.59. The van der Waals surface area contributed by atoms with Crippen LogP contribution >= 0.6 is 11.3 Å². The van der Waals surface area contributed by atoms with Gasteiger partial charge >= 0.3 is 0 Å². The van der Waals surface area contributed by atoms with E-state index in [9.17, 15) is 0 Å². The molecule has 0 spiro atoms. The van der Waals surface area contributed by atoms with Gasteiger partial charge in [0.05, 0.1) is 0 Å². The Morgan fingerprint density at radius 1 is 0.419 bits per heavy atom. The highest BCUT2D eigenvalue weighted by Crippen LogP contribution is 2.43. The van der Waals surface area contributed by atoms with Gasteiger partial charge < -0.3 is 9.32 Å². The smallest absolute Gasteiger partial charge is 0.135 e. The number of hydrogen-bond donors (Lipinski definition) is 0. The van der Waals surface area contributed by atoms with Crippen molar-refractivity contribution < 1.29 is 4.42 Å². The van der Waals surface area contributed by atoms with Crippen LogP contribution in [0.3, 0.4) is 0 Å². The van der Waals surface area contributed by atoms with Crippen LogP contribution in [0.25, 0.3) is 64.0 Å². The molecule has 0 saturated heterocycles. The SMILES string of the molecule is c1ccc(-c2ccc(N(c3ccc4c(ccc5sc6ccccc6c54)c3)c3ccc4oc5ccccc5c4c3)cc2)cc1. The highest BCUT2D eigenvalue weighted by Gasteiger charge is 2.17. The van der Waals surface area contributed by atoms with Gasteiger partial charge in [0.15, 0.2) is 0 Å². The van der Waals surface area contributed by atoms with Gasteiger partial charge in [-0.3, -0.25) is 0 Å². The van der Waals surface area contributed by atoms with Crippen molar-refractivity contribution in [3.63, 3.8) is 0 Å². The molecule has 0 aliphatic carbocycles. The highest BCUT2D eigenvalue weighted by atomic mass is 32.1. The second-order valence-electron chi connectivity index (χ2n) is 11.0. The zero-order chi connectivity index (χ0) is 28.3. The van der Waals surface area contributed by atoms with E-state index in [1.807, 2.05) is 23.5 Å². The number of para-hydroxylation sites is 1. The first-order valence-electron chi connectivity index (χ1n) is 14.5. The van der Waals surface area contributed by atoms with Crippen LogP contribution in [0.5, 0.6) is 0 Å². The monoisotopic (exact) mass is 567 g/mol. The van der Waals surface area contributed by atoms with E-state index in [-0.39, 0.29) is 0 Å². The van der Waals surface area contributed by atoms with E-state index in [0.717, 1.165) is 39.0 Å². The molecule has 2 nitrogen and oxygen atoms in total. The molecule has 9 aromatic rings. The van der Waals surface area contributed by atoms with Gasteiger partial charge in [0, 0.05) is 48.0 Å². The largest absolute Gasteiger partial charge is 0.456 e. The second kappa shape index (κ2) is 9.59. The van der Waals surface area contributed by atoms with Gasteiger partial charge in [0.2, 0.25) is 0 Å². The first kappa shape index (κ1) is 24.2. The summed E-state index contributed by atoms with van der Waals surface area (Å²) in [6, 6.07) is 54.3. The molecule has 3 heteroatoms. The number of rotatable bonds is 4. The predicted octanol–water partition coefficient (Wildman–Crippen LogP) is 12.2. The third-order valence-electron chi connectivity index (χ3n) is 8.45. The lowest BCUT2D eigenvalue weighted by Gasteiger charge is -2.26. The van der Waals surface area contributed by atoms with Gasteiger partial charge in [0.1, 0.15) is 11.2 Å². The van der Waals surface area contributed by atoms with Gasteiger partial charge in [-0.25, -0.2) is 0 Å². The molecule has 0 N–H and O–H groups in total. The maximum Gasteiger partial charge on any atom is 0.135 e. The molecule has 0 atom stereocenters. The van der Waals surface area contributed by atoms with Crippen LogP contribution in [0.2, 0.25) is 0 Å². The number of furan rings is 1. The van der Waals surface area contributed by atoms with Crippen molar-refractivity contribution >= 4 is 81.3 Å². The average Bonchev–Trinajstić information content (AvgIpc) is 3.64. The molecular weight excluding hydrogens is 543 g/mol. The molecule has 7 aromatic carbocycles. The first-order chi connectivity index (χ1) is 21.3. The van der Waals surface area contributed by atoms with Crippen LogP contribution in [-0.4, -0.2) is 0 Å². The lowest BCUT2D eigenvalue weighted by atomic mass is 10.0. The molecule has 2 aromatic heterocycles. The molecule has 0 saturated carbocycles. The van der Waals surface area contributed by atoms with Crippen LogP contribution < -0.4 is 4.90 Å². The van der Waals surface area contributed by atoms with Crippen LogP contribution in [0.4, 0.5) is 17.1 Å². The van der Waals surface area contributed by atoms with Crippen LogP contribution in [-0.2, 0) is 0 Å². The van der Waals surface area contributed by atoms with E-state index in [2.05, 4.69) is 144 Å². The summed E-state index contributed by atoms with van der Waals surface area (Å²) in [5, 5.41) is 7.43. The predicted molar refractivity (Wildman–Crippen MR) is 184 cm³/mol. The molecule has 0 radical (unpaired) electrons. The normalized spacial score (nSPS) is 11.7. The maximum atomic E-state index is 6.17. The summed E-state index contributed by atoms with van der Waals surface area (Å²) >= 11 is 1.86. The summed E-state index contributed by atoms with van der Waals surface area (Å²) in [7, 11) is 0. The van der Waals surface area contributed by atoms with E-state index in [4.69, 9.17) is 4.42 Å². The van der Waals surface area contributed by atoms with Gasteiger partial charge in [-0.1, -0.05) is 91.0 Å². The number of fused-ring (bicyclic) bond motifs is 8. The van der Waals surface area contributed by atoms with Crippen molar-refractivity contribution in [2.45, 2.75) is 0 Å². The molecule has 43 heavy (non-hydrogen) atoms. The molecule has 0 bridgehead atoms. The Morgan fingerprint density at radius 3 is 1.98 bits per heavy atom. The Morgan fingerprint density at radius 2 is 1.09 bits per heavy atom. The fourth-order valence-corrected chi connectivity index (χ4v) is 7.54. The lowest BCUT2D eigenvalue weighted by molar-refractivity contribution is 0.669. The lowest BCUT2D eigenvalue weighted by Crippen LogP contribution is -2.09. The summed E-state index contributed by atoms with van der Waals surface area (Å²) in [5.74, 6) is 0. The molecule has 0 fully saturated rings. The Balaban J connectivity index is 1.24. The van der Waals surface area contributed by atoms with Crippen molar-refractivity contribution in [2.24, 2.45) is 0 Å². The fraction of sp³-hybridized carbons (Fsp3) is 0. The number of benzene rings is 7. The summed E-state index contributed by atoms with van der Waals surface area (Å²) in [6.07, 6.45) is 0. The molecular formula is C40H25NOS. The number of hydrogen-bond acceptors (Lipinski definition) is 3. The number of anilines is 3. The molecule has 0 aliphatic rings. The van der Waals surface area contributed by atoms with E-state index < -0.39 is 0 Å². The highest BCUT2D eigenvalue weighted by molar-refractivity contribution is 7.26. The molecule has 9 rings (SSSR count). The second-order valence-corrected chi connectivity index (χ2v) is 12.1. The molecule has 0 unspecified atom stereocenters. The number of nitrogens with zero attached hydrogens (tertiary/aromatic N) is 1. The zero-order valence-electron chi connectivity index (χ0n) is 23.2. The minimum absolute atomic E-state index is 0.898. The Kier molecular flexibility index (Phi) is 5.40. The minimum atomic E-state index is 0.898. The van der Waals surface area contributed by atoms with Gasteiger partial charge in [-0.05, 0) is 82.6 Å². The summed E-state index contributed by atoms with van der Waals surface area (Å²) in [4.78, 5) is 2.35. The van der Waals surface area contributed by atoms with Crippen LogP contribution in [0.15, 0.2) is 156 Å². The van der Waals surface area contributed by atoms with Gasteiger partial charge in [0.25, 0.3) is 0 Å². The molecule has 0 amide bonds. The Labute approximate surface area is 252 Å². The molecule has 2 heterocycles. The van der Waals surface area contributed by atoms with Crippen molar-refractivity contribution in [3.05, 3.63) is 152 Å². The fourth-order valence-electron chi connectivity index (χ4n) is 6.41. The van der Waals surface area contributed by atoms with Crippen molar-refractivity contribution in [2.75, 3.05) is 4.90 Å². The van der Waals surface area contributed by atoms with Crippen molar-refractivity contribution in [1.82, 2.24) is 0 Å².